The van der Waals surface area contributed by atoms with Crippen LogP contribution in [0.1, 0.15) is 11.1 Å². The Balaban J connectivity index is 1.19. The van der Waals surface area contributed by atoms with Crippen LogP contribution < -0.4 is 0 Å². The third-order valence-electron chi connectivity index (χ3n) is 15.9. The zero-order valence-corrected chi connectivity index (χ0v) is 42.6. The molecule has 76 heavy (non-hydrogen) atoms. The van der Waals surface area contributed by atoms with Gasteiger partial charge in [0, 0.05) is 84.3 Å². The topological polar surface area (TPSA) is 62.4 Å². The molecule has 0 aliphatic carbocycles. The molecule has 6 aromatic heterocycles. The van der Waals surface area contributed by atoms with Gasteiger partial charge in [-0.3, -0.25) is 0 Å². The summed E-state index contributed by atoms with van der Waals surface area (Å²) in [4.78, 5) is 0. The van der Waals surface area contributed by atoms with E-state index in [0.717, 1.165) is 107 Å². The third kappa shape index (κ3) is 5.39. The number of para-hydroxylation sites is 3. The van der Waals surface area contributed by atoms with Crippen LogP contribution >= 0.6 is 34.0 Å². The Labute approximate surface area is 445 Å². The SMILES string of the molecule is N#Cc1c(-c2ccccc2)c(-n2c3ccccc3c3ccc4c5ccccc5sc4c32)c(-n2c3ccccc3c3ccc4c5ccccc5sc4c32)c(C#N)c1-n1c2ccccc2c2ccc3c4ccccc4sc3c21. The number of nitrogens with zero attached hydrogens (tertiary/aromatic N) is 5. The predicted octanol–water partition coefficient (Wildman–Crippen LogP) is 19.5. The number of aromatic nitrogens is 3. The molecule has 17 aromatic rings. The van der Waals surface area contributed by atoms with Crippen LogP contribution in [-0.2, 0) is 0 Å². The van der Waals surface area contributed by atoms with Gasteiger partial charge in [-0.25, -0.2) is 0 Å². The highest BCUT2D eigenvalue weighted by molar-refractivity contribution is 7.27. The van der Waals surface area contributed by atoms with Crippen molar-refractivity contribution in [2.24, 2.45) is 0 Å². The Morgan fingerprint density at radius 1 is 0.276 bits per heavy atom. The standard InChI is InChI=1S/C68H35N5S3/c69-36-51-59(38-16-2-1-3-17-38)65(73-55-26-12-6-20-41(55)47-32-35-50-44-23-9-15-29-58(44)76-68(50)64(47)73)61(72-54-25-11-5-19-40(54)46-31-34-49-43-22-8-14-28-57(43)75-67(49)63(46)72)52(37-70)60(51)71-53-24-10-4-18-39(53)45-30-33-48-42-21-7-13-27-56(42)74-66(48)62(45)71/h1-35H. The van der Waals surface area contributed by atoms with E-state index in [-0.39, 0.29) is 0 Å². The molecule has 0 spiro atoms. The zero-order chi connectivity index (χ0) is 49.9. The Kier molecular flexibility index (Phi) is 8.54. The number of benzene rings is 11. The second kappa shape index (κ2) is 15.5. The van der Waals surface area contributed by atoms with E-state index < -0.39 is 0 Å². The highest BCUT2D eigenvalue weighted by Crippen LogP contribution is 2.53. The summed E-state index contributed by atoms with van der Waals surface area (Å²) in [5.74, 6) is 0. The van der Waals surface area contributed by atoms with Crippen LogP contribution in [0.15, 0.2) is 212 Å². The van der Waals surface area contributed by atoms with Crippen molar-refractivity contribution in [1.29, 1.82) is 10.5 Å². The van der Waals surface area contributed by atoms with Crippen LogP contribution in [0, 0.1) is 22.7 Å². The minimum Gasteiger partial charge on any atom is -0.305 e. The van der Waals surface area contributed by atoms with Crippen LogP contribution in [-0.4, -0.2) is 13.7 Å². The molecule has 8 heteroatoms. The highest BCUT2D eigenvalue weighted by atomic mass is 32.1. The molecule has 0 aliphatic heterocycles. The first-order valence-corrected chi connectivity index (χ1v) is 27.7. The zero-order valence-electron chi connectivity index (χ0n) is 40.2. The molecule has 0 atom stereocenters. The molecular weight excluding hydrogens is 983 g/mol. The van der Waals surface area contributed by atoms with Gasteiger partial charge in [0.2, 0.25) is 0 Å². The Morgan fingerprint density at radius 3 is 1.01 bits per heavy atom. The smallest absolute Gasteiger partial charge is 0.104 e. The Morgan fingerprint density at radius 2 is 0.605 bits per heavy atom. The number of rotatable bonds is 4. The average molecular weight is 1020 g/mol. The summed E-state index contributed by atoms with van der Waals surface area (Å²) < 4.78 is 14.1. The van der Waals surface area contributed by atoms with Crippen molar-refractivity contribution in [3.8, 4) is 40.3 Å². The second-order valence-electron chi connectivity index (χ2n) is 19.6. The van der Waals surface area contributed by atoms with Crippen molar-refractivity contribution in [2.45, 2.75) is 0 Å². The molecule has 0 saturated heterocycles. The second-order valence-corrected chi connectivity index (χ2v) is 22.8. The minimum atomic E-state index is 0.405. The molecule has 11 aromatic carbocycles. The molecule has 0 amide bonds. The van der Waals surface area contributed by atoms with Crippen LogP contribution in [0.2, 0.25) is 0 Å². The number of fused-ring (bicyclic) bond motifs is 21. The lowest BCUT2D eigenvalue weighted by molar-refractivity contribution is 1.07. The maximum atomic E-state index is 12.7. The first kappa shape index (κ1) is 41.9. The van der Waals surface area contributed by atoms with E-state index in [9.17, 15) is 10.5 Å². The molecular formula is C68H35N5S3. The molecule has 0 radical (unpaired) electrons. The molecule has 350 valence electrons. The molecule has 0 unspecified atom stereocenters. The van der Waals surface area contributed by atoms with Gasteiger partial charge in [-0.05, 0) is 42.0 Å². The number of nitriles is 2. The van der Waals surface area contributed by atoms with E-state index in [1.165, 1.54) is 35.6 Å². The summed E-state index contributed by atoms with van der Waals surface area (Å²) in [5.41, 5.74) is 10.4. The van der Waals surface area contributed by atoms with Crippen molar-refractivity contribution in [1.82, 2.24) is 13.7 Å². The fraction of sp³-hybridized carbons (Fsp3) is 0. The van der Waals surface area contributed by atoms with E-state index in [0.29, 0.717) is 22.5 Å². The molecule has 0 bridgehead atoms. The number of thiophene rings is 3. The van der Waals surface area contributed by atoms with E-state index in [1.807, 2.05) is 6.07 Å². The lowest BCUT2D eigenvalue weighted by Crippen LogP contribution is -2.14. The predicted molar refractivity (Wildman–Crippen MR) is 323 cm³/mol. The van der Waals surface area contributed by atoms with Crippen LogP contribution in [0.5, 0.6) is 0 Å². The molecule has 17 rings (SSSR count). The van der Waals surface area contributed by atoms with Gasteiger partial charge in [0.15, 0.2) is 0 Å². The van der Waals surface area contributed by atoms with Gasteiger partial charge < -0.3 is 13.7 Å². The van der Waals surface area contributed by atoms with E-state index in [4.69, 9.17) is 0 Å². The lowest BCUT2D eigenvalue weighted by atomic mass is 9.91. The van der Waals surface area contributed by atoms with Crippen LogP contribution in [0.3, 0.4) is 0 Å². The van der Waals surface area contributed by atoms with Gasteiger partial charge >= 0.3 is 0 Å². The number of hydrogen-bond acceptors (Lipinski definition) is 5. The van der Waals surface area contributed by atoms with Crippen molar-refractivity contribution in [2.75, 3.05) is 0 Å². The normalized spacial score (nSPS) is 12.2. The molecule has 0 fully saturated rings. The fourth-order valence-corrected chi connectivity index (χ4v) is 16.6. The Bertz CT molecular complexity index is 5510. The van der Waals surface area contributed by atoms with E-state index in [2.05, 4.69) is 232 Å². The van der Waals surface area contributed by atoms with Gasteiger partial charge in [0.25, 0.3) is 0 Å². The molecule has 0 N–H and O–H groups in total. The third-order valence-corrected chi connectivity index (χ3v) is 19.5. The van der Waals surface area contributed by atoms with Gasteiger partial charge in [-0.1, -0.05) is 176 Å². The summed E-state index contributed by atoms with van der Waals surface area (Å²) in [5, 5.41) is 38.7. The van der Waals surface area contributed by atoms with Crippen molar-refractivity contribution in [3.63, 3.8) is 0 Å². The quantitative estimate of drug-likeness (QED) is 0.176. The van der Waals surface area contributed by atoms with Crippen molar-refractivity contribution in [3.05, 3.63) is 223 Å². The van der Waals surface area contributed by atoms with Gasteiger partial charge in [-0.15, -0.1) is 34.0 Å². The largest absolute Gasteiger partial charge is 0.305 e. The first-order chi connectivity index (χ1) is 37.7. The maximum absolute atomic E-state index is 12.7. The fourth-order valence-electron chi connectivity index (χ4n) is 12.9. The molecule has 6 heterocycles. The summed E-state index contributed by atoms with van der Waals surface area (Å²) in [6, 6.07) is 81.6. The summed E-state index contributed by atoms with van der Waals surface area (Å²) >= 11 is 5.36. The van der Waals surface area contributed by atoms with Gasteiger partial charge in [0.05, 0.1) is 69.8 Å². The summed E-state index contributed by atoms with van der Waals surface area (Å²) in [6.07, 6.45) is 0. The summed E-state index contributed by atoms with van der Waals surface area (Å²) in [6.45, 7) is 0. The average Bonchev–Trinajstić information content (AvgIpc) is 4.51. The number of hydrogen-bond donors (Lipinski definition) is 0. The van der Waals surface area contributed by atoms with E-state index >= 15 is 0 Å². The van der Waals surface area contributed by atoms with Crippen LogP contribution in [0.25, 0.3) is 154 Å². The highest BCUT2D eigenvalue weighted by Gasteiger charge is 2.34. The van der Waals surface area contributed by atoms with Gasteiger partial charge in [-0.2, -0.15) is 10.5 Å². The monoisotopic (exact) mass is 1020 g/mol. The molecule has 5 nitrogen and oxygen atoms in total. The van der Waals surface area contributed by atoms with Crippen LogP contribution in [0.4, 0.5) is 0 Å². The first-order valence-electron chi connectivity index (χ1n) is 25.3. The van der Waals surface area contributed by atoms with E-state index in [1.54, 1.807) is 34.0 Å². The lowest BCUT2D eigenvalue weighted by Gasteiger charge is -2.26. The maximum Gasteiger partial charge on any atom is 0.104 e. The van der Waals surface area contributed by atoms with Gasteiger partial charge in [0.1, 0.15) is 17.7 Å². The van der Waals surface area contributed by atoms with Crippen molar-refractivity contribution >= 4 is 160 Å². The Hall–Kier alpha value is -9.54. The molecule has 0 aliphatic rings. The summed E-state index contributed by atoms with van der Waals surface area (Å²) in [7, 11) is 0. The minimum absolute atomic E-state index is 0.405. The van der Waals surface area contributed by atoms with Crippen molar-refractivity contribution < 1.29 is 0 Å². The molecule has 0 saturated carbocycles.